The van der Waals surface area contributed by atoms with Crippen molar-refractivity contribution in [3.63, 3.8) is 0 Å². The average molecular weight is 454 g/mol. The zero-order valence-corrected chi connectivity index (χ0v) is 18.9. The Labute approximate surface area is 198 Å². The fourth-order valence-corrected chi connectivity index (χ4v) is 4.70. The fraction of sp³-hybridized carbons (Fsp3) is 0.214. The summed E-state index contributed by atoms with van der Waals surface area (Å²) in [6, 6.07) is 22.6. The first kappa shape index (κ1) is 21.9. The Morgan fingerprint density at radius 3 is 2.47 bits per heavy atom. The van der Waals surface area contributed by atoms with E-state index in [-0.39, 0.29) is 11.5 Å². The molecule has 34 heavy (non-hydrogen) atoms. The number of hydrogen-bond donors (Lipinski definition) is 3. The van der Waals surface area contributed by atoms with E-state index in [9.17, 15) is 14.7 Å². The van der Waals surface area contributed by atoms with Gasteiger partial charge in [0.25, 0.3) is 5.91 Å². The topological polar surface area (TPSA) is 81.7 Å². The van der Waals surface area contributed by atoms with Gasteiger partial charge in [0.2, 0.25) is 0 Å². The molecule has 0 unspecified atom stereocenters. The second-order valence-corrected chi connectivity index (χ2v) is 8.80. The summed E-state index contributed by atoms with van der Waals surface area (Å²) in [5.74, 6) is -1.28. The molecule has 0 aliphatic carbocycles. The minimum atomic E-state index is -1.03. The Bertz CT molecular complexity index is 1260. The lowest BCUT2D eigenvalue weighted by Crippen LogP contribution is -2.29. The van der Waals surface area contributed by atoms with Crippen LogP contribution in [0, 0.1) is 0 Å². The molecule has 3 aromatic carbocycles. The summed E-state index contributed by atoms with van der Waals surface area (Å²) in [4.78, 5) is 27.1. The summed E-state index contributed by atoms with van der Waals surface area (Å²) in [7, 11) is 0. The molecule has 0 bridgehead atoms. The number of carboxylic acid groups (broad SMARTS) is 1. The predicted molar refractivity (Wildman–Crippen MR) is 134 cm³/mol. The van der Waals surface area contributed by atoms with Crippen LogP contribution in [0.5, 0.6) is 0 Å². The Balaban J connectivity index is 1.55. The van der Waals surface area contributed by atoms with Gasteiger partial charge in [0.15, 0.2) is 0 Å². The van der Waals surface area contributed by atoms with Gasteiger partial charge >= 0.3 is 5.97 Å². The number of carbonyl (C=O) groups excluding carboxylic acids is 1. The van der Waals surface area contributed by atoms with E-state index in [0.717, 1.165) is 30.9 Å². The summed E-state index contributed by atoms with van der Waals surface area (Å²) >= 11 is 0. The highest BCUT2D eigenvalue weighted by Gasteiger charge is 2.29. The van der Waals surface area contributed by atoms with Gasteiger partial charge in [-0.3, -0.25) is 9.69 Å². The molecule has 0 spiro atoms. The fourth-order valence-electron chi connectivity index (χ4n) is 4.70. The highest BCUT2D eigenvalue weighted by molar-refractivity contribution is 6.37. The second-order valence-electron chi connectivity index (χ2n) is 8.80. The molecule has 0 aromatic heterocycles. The van der Waals surface area contributed by atoms with E-state index in [1.54, 1.807) is 12.1 Å². The van der Waals surface area contributed by atoms with Crippen LogP contribution in [0.15, 0.2) is 72.8 Å². The number of rotatable bonds is 6. The number of nitrogens with zero attached hydrogens (tertiary/aromatic N) is 1. The third kappa shape index (κ3) is 4.58. The third-order valence-electron chi connectivity index (χ3n) is 6.37. The Hall–Kier alpha value is -3.90. The second kappa shape index (κ2) is 9.53. The van der Waals surface area contributed by atoms with Gasteiger partial charge in [-0.25, -0.2) is 4.79 Å². The summed E-state index contributed by atoms with van der Waals surface area (Å²) in [6.45, 7) is 3.15. The number of nitrogens with one attached hydrogen (secondary N) is 2. The maximum atomic E-state index is 13.1. The van der Waals surface area contributed by atoms with Crippen molar-refractivity contribution in [3.8, 4) is 0 Å². The van der Waals surface area contributed by atoms with Gasteiger partial charge in [-0.15, -0.1) is 0 Å². The van der Waals surface area contributed by atoms with Gasteiger partial charge in [0.1, 0.15) is 0 Å². The Morgan fingerprint density at radius 1 is 0.912 bits per heavy atom. The van der Waals surface area contributed by atoms with Crippen molar-refractivity contribution in [1.29, 1.82) is 0 Å². The van der Waals surface area contributed by atoms with Gasteiger partial charge < -0.3 is 15.7 Å². The van der Waals surface area contributed by atoms with Gasteiger partial charge in [0.05, 0.1) is 16.8 Å². The third-order valence-corrected chi connectivity index (χ3v) is 6.37. The van der Waals surface area contributed by atoms with E-state index < -0.39 is 5.97 Å². The Morgan fingerprint density at radius 2 is 1.71 bits per heavy atom. The zero-order chi connectivity index (χ0) is 23.5. The van der Waals surface area contributed by atoms with Crippen molar-refractivity contribution in [2.24, 2.45) is 0 Å². The number of aromatic carboxylic acids is 1. The highest BCUT2D eigenvalue weighted by atomic mass is 16.4. The minimum Gasteiger partial charge on any atom is -0.478 e. The molecule has 1 fully saturated rings. The SMILES string of the molecule is O=C1Nc2ccc(C(=O)O)cc2C1=C(Nc1cccc(CN2CCCCC2)c1)c1ccccc1. The van der Waals surface area contributed by atoms with Gasteiger partial charge in [-0.05, 0) is 67.4 Å². The van der Waals surface area contributed by atoms with Crippen LogP contribution in [0.1, 0.15) is 46.3 Å². The van der Waals surface area contributed by atoms with Crippen LogP contribution in [-0.2, 0) is 11.3 Å². The number of fused-ring (bicyclic) bond motifs is 1. The first-order valence-corrected chi connectivity index (χ1v) is 11.7. The molecule has 0 atom stereocenters. The predicted octanol–water partition coefficient (Wildman–Crippen LogP) is 5.30. The lowest BCUT2D eigenvalue weighted by molar-refractivity contribution is -0.110. The van der Waals surface area contributed by atoms with Gasteiger partial charge in [0, 0.05) is 23.5 Å². The first-order chi connectivity index (χ1) is 16.6. The molecular formula is C28H27N3O3. The molecule has 0 saturated carbocycles. The van der Waals surface area contributed by atoms with Crippen LogP contribution >= 0.6 is 0 Å². The highest BCUT2D eigenvalue weighted by Crippen LogP contribution is 2.38. The maximum absolute atomic E-state index is 13.1. The molecule has 2 aliphatic heterocycles. The molecule has 2 heterocycles. The molecule has 5 rings (SSSR count). The zero-order valence-electron chi connectivity index (χ0n) is 18.9. The first-order valence-electron chi connectivity index (χ1n) is 11.7. The van der Waals surface area contributed by atoms with E-state index in [2.05, 4.69) is 27.7 Å². The van der Waals surface area contributed by atoms with Crippen molar-refractivity contribution in [2.45, 2.75) is 25.8 Å². The van der Waals surface area contributed by atoms with E-state index in [4.69, 9.17) is 0 Å². The number of likely N-dealkylation sites (tertiary alicyclic amines) is 1. The molecule has 1 saturated heterocycles. The molecule has 6 nitrogen and oxygen atoms in total. The average Bonchev–Trinajstić information content (AvgIpc) is 3.18. The van der Waals surface area contributed by atoms with Crippen molar-refractivity contribution in [3.05, 3.63) is 95.1 Å². The summed E-state index contributed by atoms with van der Waals surface area (Å²) in [6.07, 6.45) is 3.79. The van der Waals surface area contributed by atoms with E-state index in [1.165, 1.54) is 30.9 Å². The monoisotopic (exact) mass is 453 g/mol. The van der Waals surface area contributed by atoms with Crippen LogP contribution < -0.4 is 10.6 Å². The van der Waals surface area contributed by atoms with E-state index in [0.29, 0.717) is 22.5 Å². The van der Waals surface area contributed by atoms with Crippen molar-refractivity contribution >= 4 is 34.5 Å². The number of piperidine rings is 1. The van der Waals surface area contributed by atoms with Gasteiger partial charge in [-0.1, -0.05) is 48.9 Å². The molecule has 172 valence electrons. The molecule has 1 amide bonds. The smallest absolute Gasteiger partial charge is 0.335 e. The number of hydrogen-bond acceptors (Lipinski definition) is 4. The number of carboxylic acids is 1. The molecule has 0 radical (unpaired) electrons. The largest absolute Gasteiger partial charge is 0.478 e. The lowest BCUT2D eigenvalue weighted by atomic mass is 9.98. The quantitative estimate of drug-likeness (QED) is 0.441. The van der Waals surface area contributed by atoms with E-state index >= 15 is 0 Å². The maximum Gasteiger partial charge on any atom is 0.335 e. The van der Waals surface area contributed by atoms with Crippen molar-refractivity contribution < 1.29 is 14.7 Å². The number of carbonyl (C=O) groups is 2. The standard InChI is InChI=1S/C28H27N3O3/c32-27-25(23-17-21(28(33)34)12-13-24(23)30-27)26(20-9-3-1-4-10-20)29-22-11-7-8-19(16-22)18-31-14-5-2-6-15-31/h1,3-4,7-13,16-17,29H,2,5-6,14-15,18H2,(H,30,32)(H,33,34). The molecule has 2 aliphatic rings. The molecular weight excluding hydrogens is 426 g/mol. The molecule has 6 heteroatoms. The minimum absolute atomic E-state index is 0.142. The van der Waals surface area contributed by atoms with Crippen LogP contribution in [0.2, 0.25) is 0 Å². The van der Waals surface area contributed by atoms with Crippen LogP contribution in [0.3, 0.4) is 0 Å². The van der Waals surface area contributed by atoms with Gasteiger partial charge in [-0.2, -0.15) is 0 Å². The summed E-state index contributed by atoms with van der Waals surface area (Å²) < 4.78 is 0. The Kier molecular flexibility index (Phi) is 6.14. The summed E-state index contributed by atoms with van der Waals surface area (Å²) in [5.41, 5.74) is 5.37. The normalized spacial score (nSPS) is 17.1. The number of anilines is 2. The lowest BCUT2D eigenvalue weighted by Gasteiger charge is -2.26. The van der Waals surface area contributed by atoms with E-state index in [1.807, 2.05) is 42.5 Å². The number of benzene rings is 3. The van der Waals surface area contributed by atoms with Crippen LogP contribution in [0.4, 0.5) is 11.4 Å². The van der Waals surface area contributed by atoms with Crippen LogP contribution in [-0.4, -0.2) is 35.0 Å². The van der Waals surface area contributed by atoms with Crippen molar-refractivity contribution in [1.82, 2.24) is 4.90 Å². The molecule has 3 N–H and O–H groups in total. The summed E-state index contributed by atoms with van der Waals surface area (Å²) in [5, 5.41) is 15.8. The van der Waals surface area contributed by atoms with Crippen molar-refractivity contribution in [2.75, 3.05) is 23.7 Å². The number of amides is 1. The van der Waals surface area contributed by atoms with Crippen LogP contribution in [0.25, 0.3) is 11.3 Å². The molecule has 3 aromatic rings.